The maximum Gasteiger partial charge on any atom is 0.323 e. The Hall–Kier alpha value is -2.73. The number of nitrogens with one attached hydrogen (secondary N) is 1. The van der Waals surface area contributed by atoms with Crippen LogP contribution in [-0.4, -0.2) is 34.1 Å². The number of rotatable bonds is 6. The third kappa shape index (κ3) is 3.54. The Morgan fingerprint density at radius 1 is 1.17 bits per heavy atom. The van der Waals surface area contributed by atoms with E-state index in [1.54, 1.807) is 4.68 Å². The van der Waals surface area contributed by atoms with Gasteiger partial charge in [0.05, 0.1) is 19.3 Å². The predicted octanol–water partition coefficient (Wildman–Crippen LogP) is 1.76. The largest absolute Gasteiger partial charge is 0.468 e. The number of nitrogens with zero attached hydrogens (tertiary/aromatic N) is 3. The maximum absolute atomic E-state index is 12.0. The van der Waals surface area contributed by atoms with Gasteiger partial charge in [-0.15, -0.1) is 5.10 Å². The molecule has 1 atom stereocenters. The van der Waals surface area contributed by atoms with Gasteiger partial charge >= 0.3 is 5.97 Å². The summed E-state index contributed by atoms with van der Waals surface area (Å²) in [4.78, 5) is 12.0. The summed E-state index contributed by atoms with van der Waals surface area (Å²) in [7, 11) is 1.40. The highest BCUT2D eigenvalue weighted by molar-refractivity contribution is 5.76. The lowest BCUT2D eigenvalue weighted by Gasteiger charge is -2.16. The number of carbonyl (C=O) groups excluding carboxylic acids is 1. The van der Waals surface area contributed by atoms with E-state index in [0.29, 0.717) is 13.1 Å². The highest BCUT2D eigenvalue weighted by Gasteiger charge is 2.19. The first-order valence-corrected chi connectivity index (χ1v) is 7.41. The fourth-order valence-corrected chi connectivity index (χ4v) is 2.46. The van der Waals surface area contributed by atoms with Crippen LogP contribution in [0.4, 0.5) is 0 Å². The van der Waals surface area contributed by atoms with E-state index in [2.05, 4.69) is 15.6 Å². The topological polar surface area (TPSA) is 69.0 Å². The van der Waals surface area contributed by atoms with Crippen LogP contribution in [0.3, 0.4) is 0 Å². The van der Waals surface area contributed by atoms with Gasteiger partial charge in [0.1, 0.15) is 11.6 Å². The van der Waals surface area contributed by atoms with Crippen molar-refractivity contribution in [3.05, 3.63) is 60.2 Å². The van der Waals surface area contributed by atoms with Gasteiger partial charge in [0.2, 0.25) is 0 Å². The van der Waals surface area contributed by atoms with Crippen molar-refractivity contribution >= 4 is 17.0 Å². The first-order chi connectivity index (χ1) is 11.3. The molecule has 1 aromatic heterocycles. The summed E-state index contributed by atoms with van der Waals surface area (Å²) in [5.41, 5.74) is 2.81. The zero-order chi connectivity index (χ0) is 16.1. The lowest BCUT2D eigenvalue weighted by Crippen LogP contribution is -2.40. The molecule has 1 unspecified atom stereocenters. The Morgan fingerprint density at radius 3 is 2.70 bits per heavy atom. The minimum atomic E-state index is -0.439. The van der Waals surface area contributed by atoms with Crippen LogP contribution in [0.5, 0.6) is 0 Å². The van der Waals surface area contributed by atoms with Crippen LogP contribution < -0.4 is 5.32 Å². The number of hydrogen-bond donors (Lipinski definition) is 1. The Labute approximate surface area is 134 Å². The summed E-state index contributed by atoms with van der Waals surface area (Å²) in [6.07, 6.45) is 0.556. The molecular formula is C17H18N4O2. The number of ether oxygens (including phenoxy) is 1. The van der Waals surface area contributed by atoms with E-state index in [0.717, 1.165) is 16.6 Å². The second-order valence-corrected chi connectivity index (χ2v) is 5.21. The van der Waals surface area contributed by atoms with E-state index >= 15 is 0 Å². The van der Waals surface area contributed by atoms with E-state index in [9.17, 15) is 4.79 Å². The molecular weight excluding hydrogens is 292 g/mol. The number of methoxy groups -OCH3 is 1. The lowest BCUT2D eigenvalue weighted by molar-refractivity contribution is -0.143. The molecule has 0 aliphatic heterocycles. The number of benzene rings is 2. The molecule has 0 spiro atoms. The van der Waals surface area contributed by atoms with Crippen molar-refractivity contribution in [3.63, 3.8) is 0 Å². The molecule has 0 saturated carbocycles. The third-order valence-corrected chi connectivity index (χ3v) is 3.68. The summed E-state index contributed by atoms with van der Waals surface area (Å²) in [6, 6.07) is 17.1. The van der Waals surface area contributed by atoms with E-state index < -0.39 is 6.04 Å². The van der Waals surface area contributed by atoms with E-state index in [1.165, 1.54) is 7.11 Å². The Morgan fingerprint density at radius 2 is 1.91 bits per heavy atom. The van der Waals surface area contributed by atoms with Crippen molar-refractivity contribution in [3.8, 4) is 0 Å². The Kier molecular flexibility index (Phi) is 4.63. The number of hydrogen-bond acceptors (Lipinski definition) is 5. The summed E-state index contributed by atoms with van der Waals surface area (Å²) in [5.74, 6) is -0.293. The number of para-hydroxylation sites is 1. The molecule has 118 valence electrons. The number of aromatic nitrogens is 3. The van der Waals surface area contributed by atoms with Crippen molar-refractivity contribution < 1.29 is 9.53 Å². The molecule has 1 N–H and O–H groups in total. The molecule has 0 saturated heterocycles. The standard InChI is InChI=1S/C17H18N4O2/c1-23-17(22)15(11-13-7-3-2-4-8-13)18-12-21-16-10-6-5-9-14(16)19-20-21/h2-10,15,18H,11-12H2,1H3. The van der Waals surface area contributed by atoms with Crippen molar-refractivity contribution in [1.29, 1.82) is 0 Å². The van der Waals surface area contributed by atoms with Crippen LogP contribution in [0.2, 0.25) is 0 Å². The average Bonchev–Trinajstić information content (AvgIpc) is 3.02. The Bertz CT molecular complexity index is 785. The first kappa shape index (κ1) is 15.2. The molecule has 0 amide bonds. The molecule has 3 rings (SSSR count). The van der Waals surface area contributed by atoms with Gasteiger partial charge in [-0.1, -0.05) is 47.7 Å². The third-order valence-electron chi connectivity index (χ3n) is 3.68. The molecule has 0 bridgehead atoms. The van der Waals surface area contributed by atoms with Crippen LogP contribution in [0.25, 0.3) is 11.0 Å². The minimum Gasteiger partial charge on any atom is -0.468 e. The normalized spacial score (nSPS) is 12.2. The quantitative estimate of drug-likeness (QED) is 0.703. The number of fused-ring (bicyclic) bond motifs is 1. The lowest BCUT2D eigenvalue weighted by atomic mass is 10.1. The van der Waals surface area contributed by atoms with Gasteiger partial charge in [-0.25, -0.2) is 4.68 Å². The van der Waals surface area contributed by atoms with Gasteiger partial charge in [0.15, 0.2) is 0 Å². The molecule has 23 heavy (non-hydrogen) atoms. The molecule has 0 aliphatic rings. The molecule has 6 nitrogen and oxygen atoms in total. The molecule has 3 aromatic rings. The molecule has 2 aromatic carbocycles. The molecule has 0 radical (unpaired) electrons. The van der Waals surface area contributed by atoms with Gasteiger partial charge in [-0.3, -0.25) is 10.1 Å². The predicted molar refractivity (Wildman–Crippen MR) is 86.6 cm³/mol. The minimum absolute atomic E-state index is 0.293. The van der Waals surface area contributed by atoms with Crippen LogP contribution in [0.1, 0.15) is 5.56 Å². The number of carbonyl (C=O) groups is 1. The van der Waals surface area contributed by atoms with Crippen molar-refractivity contribution in [2.45, 2.75) is 19.1 Å². The summed E-state index contributed by atoms with van der Waals surface area (Å²) in [5, 5.41) is 11.4. The van der Waals surface area contributed by atoms with Gasteiger partial charge in [-0.05, 0) is 24.1 Å². The second kappa shape index (κ2) is 7.02. The van der Waals surface area contributed by atoms with Crippen LogP contribution in [0.15, 0.2) is 54.6 Å². The van der Waals surface area contributed by atoms with Crippen molar-refractivity contribution in [1.82, 2.24) is 20.3 Å². The van der Waals surface area contributed by atoms with E-state index in [4.69, 9.17) is 4.74 Å². The summed E-state index contributed by atoms with van der Waals surface area (Å²) in [6.45, 7) is 0.382. The van der Waals surface area contributed by atoms with Gasteiger partial charge in [-0.2, -0.15) is 0 Å². The monoisotopic (exact) mass is 310 g/mol. The van der Waals surface area contributed by atoms with Crippen LogP contribution in [0, 0.1) is 0 Å². The molecule has 0 aliphatic carbocycles. The fraction of sp³-hybridized carbons (Fsp3) is 0.235. The zero-order valence-corrected chi connectivity index (χ0v) is 12.8. The molecule has 6 heteroatoms. The Balaban J connectivity index is 1.72. The number of esters is 1. The average molecular weight is 310 g/mol. The highest BCUT2D eigenvalue weighted by atomic mass is 16.5. The molecule has 1 heterocycles. The van der Waals surface area contributed by atoms with Crippen LogP contribution >= 0.6 is 0 Å². The van der Waals surface area contributed by atoms with Gasteiger partial charge < -0.3 is 4.74 Å². The summed E-state index contributed by atoms with van der Waals surface area (Å²) < 4.78 is 6.63. The van der Waals surface area contributed by atoms with Crippen molar-refractivity contribution in [2.75, 3.05) is 7.11 Å². The highest BCUT2D eigenvalue weighted by Crippen LogP contribution is 2.10. The summed E-state index contributed by atoms with van der Waals surface area (Å²) >= 11 is 0. The van der Waals surface area contributed by atoms with Gasteiger partial charge in [0.25, 0.3) is 0 Å². The van der Waals surface area contributed by atoms with Gasteiger partial charge in [0, 0.05) is 0 Å². The second-order valence-electron chi connectivity index (χ2n) is 5.21. The first-order valence-electron chi connectivity index (χ1n) is 7.41. The SMILES string of the molecule is COC(=O)C(Cc1ccccc1)NCn1nnc2ccccc21. The maximum atomic E-state index is 12.0. The van der Waals surface area contributed by atoms with E-state index in [1.807, 2.05) is 54.6 Å². The van der Waals surface area contributed by atoms with Crippen molar-refractivity contribution in [2.24, 2.45) is 0 Å². The fourth-order valence-electron chi connectivity index (χ4n) is 2.46. The zero-order valence-electron chi connectivity index (χ0n) is 12.8. The molecule has 0 fully saturated rings. The van der Waals surface area contributed by atoms with Crippen LogP contribution in [-0.2, 0) is 22.6 Å². The smallest absolute Gasteiger partial charge is 0.323 e. The van der Waals surface area contributed by atoms with E-state index in [-0.39, 0.29) is 5.97 Å².